The minimum Gasteiger partial charge on any atom is -0.352 e. The van der Waals surface area contributed by atoms with Gasteiger partial charge < -0.3 is 10.6 Å². The van der Waals surface area contributed by atoms with Crippen LogP contribution in [-0.2, 0) is 6.42 Å². The number of aromatic nitrogens is 1. The second-order valence-corrected chi connectivity index (χ2v) is 6.93. The highest BCUT2D eigenvalue weighted by Gasteiger charge is 2.15. The maximum Gasteiger partial charge on any atom is 0.171 e. The fourth-order valence-electron chi connectivity index (χ4n) is 2.99. The van der Waals surface area contributed by atoms with Crippen LogP contribution in [0.25, 0.3) is 0 Å². The molecule has 0 saturated heterocycles. The molecule has 0 fully saturated rings. The van der Waals surface area contributed by atoms with E-state index < -0.39 is 0 Å². The molecule has 0 spiro atoms. The van der Waals surface area contributed by atoms with E-state index >= 15 is 0 Å². The smallest absolute Gasteiger partial charge is 0.171 e. The first-order valence-corrected chi connectivity index (χ1v) is 9.78. The Kier molecular flexibility index (Phi) is 6.94. The Morgan fingerprint density at radius 2 is 1.59 bits per heavy atom. The molecule has 4 heteroatoms. The standard InChI is InChI=1S/C23H25N3S/c1-2-3-7-18-10-12-21(13-11-18)25-23(27)26-22(19-8-5-4-6-9-19)20-14-16-24-17-15-20/h4-6,8-17,22H,2-3,7H2,1H3,(H2,25,26,27)/t22-/m0/s1. The lowest BCUT2D eigenvalue weighted by atomic mass is 10.00. The number of nitrogens with one attached hydrogen (secondary N) is 2. The van der Waals surface area contributed by atoms with Crippen molar-refractivity contribution in [3.05, 3.63) is 95.8 Å². The van der Waals surface area contributed by atoms with Crippen LogP contribution in [0.1, 0.15) is 42.5 Å². The van der Waals surface area contributed by atoms with Crippen molar-refractivity contribution in [2.75, 3.05) is 5.32 Å². The number of thiocarbonyl (C=S) groups is 1. The van der Waals surface area contributed by atoms with Crippen LogP contribution in [0, 0.1) is 0 Å². The van der Waals surface area contributed by atoms with Gasteiger partial charge in [0.05, 0.1) is 6.04 Å². The molecule has 0 aliphatic carbocycles. The molecule has 0 radical (unpaired) electrons. The largest absolute Gasteiger partial charge is 0.352 e. The Bertz CT molecular complexity index is 793. The molecule has 3 rings (SSSR count). The van der Waals surface area contributed by atoms with E-state index in [1.54, 1.807) is 12.4 Å². The van der Waals surface area contributed by atoms with Gasteiger partial charge in [-0.15, -0.1) is 0 Å². The maximum absolute atomic E-state index is 5.58. The van der Waals surface area contributed by atoms with E-state index in [2.05, 4.69) is 58.9 Å². The summed E-state index contributed by atoms with van der Waals surface area (Å²) < 4.78 is 0. The normalized spacial score (nSPS) is 11.6. The minimum absolute atomic E-state index is 0.0296. The fraction of sp³-hybridized carbons (Fsp3) is 0.217. The average molecular weight is 376 g/mol. The summed E-state index contributed by atoms with van der Waals surface area (Å²) in [4.78, 5) is 4.12. The summed E-state index contributed by atoms with van der Waals surface area (Å²) >= 11 is 5.58. The molecule has 3 nitrogen and oxygen atoms in total. The summed E-state index contributed by atoms with van der Waals surface area (Å²) in [6.07, 6.45) is 7.16. The Balaban J connectivity index is 1.69. The zero-order valence-electron chi connectivity index (χ0n) is 15.6. The van der Waals surface area contributed by atoms with Gasteiger partial charge >= 0.3 is 0 Å². The Labute approximate surface area is 166 Å². The van der Waals surface area contributed by atoms with Crippen molar-refractivity contribution >= 4 is 23.0 Å². The molecule has 0 aliphatic rings. The number of benzene rings is 2. The summed E-state index contributed by atoms with van der Waals surface area (Å²) in [6, 6.07) is 22.8. The molecular weight excluding hydrogens is 350 g/mol. The molecule has 1 aromatic heterocycles. The van der Waals surface area contributed by atoms with Crippen molar-refractivity contribution in [3.8, 4) is 0 Å². The van der Waals surface area contributed by atoms with Crippen molar-refractivity contribution in [1.82, 2.24) is 10.3 Å². The third-order valence-corrected chi connectivity index (χ3v) is 4.70. The Hall–Kier alpha value is -2.72. The van der Waals surface area contributed by atoms with Gasteiger partial charge in [0.25, 0.3) is 0 Å². The molecule has 3 aromatic rings. The summed E-state index contributed by atoms with van der Waals surface area (Å²) in [5, 5.41) is 7.34. The lowest BCUT2D eigenvalue weighted by Gasteiger charge is -2.22. The molecule has 1 atom stereocenters. The second-order valence-electron chi connectivity index (χ2n) is 6.52. The summed E-state index contributed by atoms with van der Waals surface area (Å²) in [6.45, 7) is 2.21. The molecule has 0 unspecified atom stereocenters. The fourth-order valence-corrected chi connectivity index (χ4v) is 3.23. The lowest BCUT2D eigenvalue weighted by molar-refractivity contribution is 0.767. The van der Waals surface area contributed by atoms with Gasteiger partial charge in [0, 0.05) is 18.1 Å². The minimum atomic E-state index is -0.0296. The van der Waals surface area contributed by atoms with Gasteiger partial charge in [-0.2, -0.15) is 0 Å². The molecule has 0 saturated carbocycles. The van der Waals surface area contributed by atoms with Crippen molar-refractivity contribution in [2.24, 2.45) is 0 Å². The molecule has 0 aliphatic heterocycles. The number of pyridine rings is 1. The highest BCUT2D eigenvalue weighted by atomic mass is 32.1. The van der Waals surface area contributed by atoms with Crippen LogP contribution in [0.5, 0.6) is 0 Å². The number of nitrogens with zero attached hydrogens (tertiary/aromatic N) is 1. The van der Waals surface area contributed by atoms with E-state index in [1.165, 1.54) is 18.4 Å². The first-order valence-electron chi connectivity index (χ1n) is 9.37. The van der Waals surface area contributed by atoms with Crippen LogP contribution in [0.4, 0.5) is 5.69 Å². The first kappa shape index (κ1) is 19.1. The SMILES string of the molecule is CCCCc1ccc(NC(=S)N[C@@H](c2ccccc2)c2ccncc2)cc1. The van der Waals surface area contributed by atoms with Crippen molar-refractivity contribution in [2.45, 2.75) is 32.2 Å². The van der Waals surface area contributed by atoms with Crippen LogP contribution in [0.15, 0.2) is 79.1 Å². The highest BCUT2D eigenvalue weighted by molar-refractivity contribution is 7.80. The predicted octanol–water partition coefficient (Wildman–Crippen LogP) is 5.50. The van der Waals surface area contributed by atoms with E-state index in [4.69, 9.17) is 12.2 Å². The summed E-state index contributed by atoms with van der Waals surface area (Å²) in [5.74, 6) is 0. The topological polar surface area (TPSA) is 37.0 Å². The van der Waals surface area contributed by atoms with Crippen LogP contribution >= 0.6 is 12.2 Å². The van der Waals surface area contributed by atoms with Crippen molar-refractivity contribution in [1.29, 1.82) is 0 Å². The van der Waals surface area contributed by atoms with Gasteiger partial charge in [0.15, 0.2) is 5.11 Å². The predicted molar refractivity (Wildman–Crippen MR) is 117 cm³/mol. The quantitative estimate of drug-likeness (QED) is 0.535. The number of hydrogen-bond donors (Lipinski definition) is 2. The van der Waals surface area contributed by atoms with Crippen LogP contribution in [0.3, 0.4) is 0 Å². The maximum atomic E-state index is 5.58. The van der Waals surface area contributed by atoms with Gasteiger partial charge in [-0.25, -0.2) is 0 Å². The van der Waals surface area contributed by atoms with Crippen LogP contribution in [-0.4, -0.2) is 10.1 Å². The third kappa shape index (κ3) is 5.63. The molecule has 0 bridgehead atoms. The van der Waals surface area contributed by atoms with Gasteiger partial charge in [-0.05, 0) is 66.0 Å². The second kappa shape index (κ2) is 9.83. The van der Waals surface area contributed by atoms with E-state index in [-0.39, 0.29) is 6.04 Å². The zero-order valence-corrected chi connectivity index (χ0v) is 16.4. The van der Waals surface area contributed by atoms with E-state index in [0.717, 1.165) is 23.2 Å². The number of unbranched alkanes of at least 4 members (excludes halogenated alkanes) is 1. The first-order chi connectivity index (χ1) is 13.3. The highest BCUT2D eigenvalue weighted by Crippen LogP contribution is 2.21. The number of rotatable bonds is 7. The molecule has 27 heavy (non-hydrogen) atoms. The number of hydrogen-bond acceptors (Lipinski definition) is 2. The van der Waals surface area contributed by atoms with Crippen molar-refractivity contribution in [3.63, 3.8) is 0 Å². The Morgan fingerprint density at radius 3 is 2.26 bits per heavy atom. The Morgan fingerprint density at radius 1 is 0.926 bits per heavy atom. The van der Waals surface area contributed by atoms with E-state index in [0.29, 0.717) is 5.11 Å². The molecule has 138 valence electrons. The van der Waals surface area contributed by atoms with E-state index in [1.807, 2.05) is 30.3 Å². The number of aryl methyl sites for hydroxylation is 1. The summed E-state index contributed by atoms with van der Waals surface area (Å²) in [5.41, 5.74) is 4.63. The van der Waals surface area contributed by atoms with Crippen LogP contribution in [0.2, 0.25) is 0 Å². The molecule has 1 heterocycles. The average Bonchev–Trinajstić information content (AvgIpc) is 2.73. The van der Waals surface area contributed by atoms with Gasteiger partial charge in [0.1, 0.15) is 0 Å². The monoisotopic (exact) mass is 375 g/mol. The zero-order chi connectivity index (χ0) is 18.9. The van der Waals surface area contributed by atoms with Crippen molar-refractivity contribution < 1.29 is 0 Å². The van der Waals surface area contributed by atoms with Crippen LogP contribution < -0.4 is 10.6 Å². The molecule has 2 N–H and O–H groups in total. The summed E-state index contributed by atoms with van der Waals surface area (Å²) in [7, 11) is 0. The van der Waals surface area contributed by atoms with Gasteiger partial charge in [0.2, 0.25) is 0 Å². The lowest BCUT2D eigenvalue weighted by Crippen LogP contribution is -2.33. The molecule has 0 amide bonds. The molecule has 2 aromatic carbocycles. The molecular formula is C23H25N3S. The van der Waals surface area contributed by atoms with Gasteiger partial charge in [-0.1, -0.05) is 55.8 Å². The number of anilines is 1. The third-order valence-electron chi connectivity index (χ3n) is 4.48. The van der Waals surface area contributed by atoms with Gasteiger partial charge in [-0.3, -0.25) is 4.98 Å². The van der Waals surface area contributed by atoms with E-state index in [9.17, 15) is 0 Å².